The standard InChI is InChI=1S/C15H19N3O2/c1-18(2)14(20)12-8-16-9-15(12)7-10-5-3-4-6-11(10)13(19)17-15/h3-6,12,16H,7-9H2,1-2H3,(H,17,19)/t12-,15+/m1/s1. The number of amides is 2. The summed E-state index contributed by atoms with van der Waals surface area (Å²) in [5, 5.41) is 6.34. The Labute approximate surface area is 118 Å². The molecule has 5 nitrogen and oxygen atoms in total. The summed E-state index contributed by atoms with van der Waals surface area (Å²) in [6, 6.07) is 7.62. The average Bonchev–Trinajstić information content (AvgIpc) is 2.80. The molecule has 2 atom stereocenters. The van der Waals surface area contributed by atoms with E-state index in [-0.39, 0.29) is 17.7 Å². The Balaban J connectivity index is 1.98. The molecule has 0 unspecified atom stereocenters. The van der Waals surface area contributed by atoms with Crippen LogP contribution < -0.4 is 10.6 Å². The maximum absolute atomic E-state index is 12.4. The van der Waals surface area contributed by atoms with E-state index >= 15 is 0 Å². The van der Waals surface area contributed by atoms with Crippen molar-refractivity contribution in [3.63, 3.8) is 0 Å². The van der Waals surface area contributed by atoms with E-state index in [1.165, 1.54) is 0 Å². The van der Waals surface area contributed by atoms with Gasteiger partial charge in [0.1, 0.15) is 0 Å². The first kappa shape index (κ1) is 13.1. The molecule has 0 aliphatic carbocycles. The maximum atomic E-state index is 12.4. The van der Waals surface area contributed by atoms with E-state index in [1.807, 2.05) is 24.3 Å². The number of hydrogen-bond acceptors (Lipinski definition) is 3. The van der Waals surface area contributed by atoms with E-state index in [1.54, 1.807) is 19.0 Å². The molecule has 2 amide bonds. The zero-order valence-corrected chi connectivity index (χ0v) is 11.8. The molecule has 2 aliphatic rings. The summed E-state index contributed by atoms with van der Waals surface area (Å²) in [7, 11) is 3.51. The van der Waals surface area contributed by atoms with E-state index in [4.69, 9.17) is 0 Å². The second-order valence-corrected chi connectivity index (χ2v) is 5.86. The number of fused-ring (bicyclic) bond motifs is 1. The van der Waals surface area contributed by atoms with Gasteiger partial charge in [-0.05, 0) is 18.1 Å². The lowest BCUT2D eigenvalue weighted by Gasteiger charge is -2.39. The van der Waals surface area contributed by atoms with E-state index in [0.29, 0.717) is 19.5 Å². The number of hydrogen-bond donors (Lipinski definition) is 2. The summed E-state index contributed by atoms with van der Waals surface area (Å²) < 4.78 is 0. The van der Waals surface area contributed by atoms with Gasteiger partial charge >= 0.3 is 0 Å². The van der Waals surface area contributed by atoms with Crippen molar-refractivity contribution in [1.29, 1.82) is 0 Å². The average molecular weight is 273 g/mol. The Hall–Kier alpha value is -1.88. The molecule has 0 aromatic heterocycles. The van der Waals surface area contributed by atoms with Crippen LogP contribution in [-0.2, 0) is 11.2 Å². The maximum Gasteiger partial charge on any atom is 0.252 e. The fourth-order valence-electron chi connectivity index (χ4n) is 3.28. The molecule has 0 radical (unpaired) electrons. The smallest absolute Gasteiger partial charge is 0.252 e. The normalized spacial score (nSPS) is 28.1. The molecule has 5 heteroatoms. The van der Waals surface area contributed by atoms with E-state index in [2.05, 4.69) is 10.6 Å². The van der Waals surface area contributed by atoms with Crippen molar-refractivity contribution >= 4 is 11.8 Å². The minimum absolute atomic E-state index is 0.0645. The lowest BCUT2D eigenvalue weighted by molar-refractivity contribution is -0.134. The van der Waals surface area contributed by atoms with Gasteiger partial charge in [0, 0.05) is 32.7 Å². The molecule has 0 saturated carbocycles. The molecule has 1 fully saturated rings. The van der Waals surface area contributed by atoms with Crippen LogP contribution in [0.3, 0.4) is 0 Å². The molecule has 0 bridgehead atoms. The molecule has 1 saturated heterocycles. The summed E-state index contributed by atoms with van der Waals surface area (Å²) in [6.07, 6.45) is 0.701. The third-order valence-electron chi connectivity index (χ3n) is 4.33. The fourth-order valence-corrected chi connectivity index (χ4v) is 3.28. The zero-order chi connectivity index (χ0) is 14.3. The molecule has 2 N–H and O–H groups in total. The van der Waals surface area contributed by atoms with Crippen molar-refractivity contribution in [3.05, 3.63) is 35.4 Å². The summed E-state index contributed by atoms with van der Waals surface area (Å²) in [5.74, 6) is -0.225. The number of benzene rings is 1. The highest BCUT2D eigenvalue weighted by Crippen LogP contribution is 2.32. The van der Waals surface area contributed by atoms with Gasteiger partial charge in [-0.1, -0.05) is 18.2 Å². The number of carbonyl (C=O) groups is 2. The molecule has 1 spiro atoms. The minimum atomic E-state index is -0.493. The van der Waals surface area contributed by atoms with Crippen LogP contribution in [0.2, 0.25) is 0 Å². The molecule has 1 aromatic carbocycles. The van der Waals surface area contributed by atoms with Crippen molar-refractivity contribution in [3.8, 4) is 0 Å². The molecule has 3 rings (SSSR count). The summed E-state index contributed by atoms with van der Waals surface area (Å²) in [5.41, 5.74) is 1.25. The van der Waals surface area contributed by atoms with Crippen molar-refractivity contribution in [2.75, 3.05) is 27.2 Å². The number of nitrogens with zero attached hydrogens (tertiary/aromatic N) is 1. The van der Waals surface area contributed by atoms with Gasteiger partial charge in [0.05, 0.1) is 11.5 Å². The number of rotatable bonds is 1. The van der Waals surface area contributed by atoms with Crippen LogP contribution in [0, 0.1) is 5.92 Å². The third kappa shape index (κ3) is 1.89. The summed E-state index contributed by atoms with van der Waals surface area (Å²) in [4.78, 5) is 26.3. The summed E-state index contributed by atoms with van der Waals surface area (Å²) in [6.45, 7) is 1.25. The van der Waals surface area contributed by atoms with Crippen molar-refractivity contribution in [2.24, 2.45) is 5.92 Å². The second kappa shape index (κ2) is 4.59. The number of nitrogens with one attached hydrogen (secondary N) is 2. The highest BCUT2D eigenvalue weighted by Gasteiger charge is 2.50. The van der Waals surface area contributed by atoms with E-state index in [0.717, 1.165) is 11.1 Å². The van der Waals surface area contributed by atoms with Crippen LogP contribution in [0.1, 0.15) is 15.9 Å². The minimum Gasteiger partial charge on any atom is -0.348 e. The van der Waals surface area contributed by atoms with Crippen LogP contribution in [0.5, 0.6) is 0 Å². The first-order valence-electron chi connectivity index (χ1n) is 6.86. The molecular weight excluding hydrogens is 254 g/mol. The highest BCUT2D eigenvalue weighted by molar-refractivity contribution is 5.98. The lowest BCUT2D eigenvalue weighted by atomic mass is 9.77. The molecule has 2 heterocycles. The molecule has 2 aliphatic heterocycles. The predicted molar refractivity (Wildman–Crippen MR) is 75.4 cm³/mol. The van der Waals surface area contributed by atoms with Crippen LogP contribution in [0.25, 0.3) is 0 Å². The Kier molecular flexibility index (Phi) is 3.01. The monoisotopic (exact) mass is 273 g/mol. The van der Waals surface area contributed by atoms with E-state index < -0.39 is 5.54 Å². The largest absolute Gasteiger partial charge is 0.348 e. The third-order valence-corrected chi connectivity index (χ3v) is 4.33. The van der Waals surface area contributed by atoms with Gasteiger partial charge in [-0.3, -0.25) is 9.59 Å². The van der Waals surface area contributed by atoms with Crippen LogP contribution in [0.4, 0.5) is 0 Å². The Morgan fingerprint density at radius 1 is 1.35 bits per heavy atom. The van der Waals surface area contributed by atoms with Gasteiger partial charge in [-0.2, -0.15) is 0 Å². The Morgan fingerprint density at radius 3 is 2.85 bits per heavy atom. The zero-order valence-electron chi connectivity index (χ0n) is 11.8. The molecular formula is C15H19N3O2. The SMILES string of the molecule is CN(C)C(=O)[C@H]1CNC[C@@]12Cc1ccccc1C(=O)N2. The first-order chi connectivity index (χ1) is 9.53. The topological polar surface area (TPSA) is 61.4 Å². The number of carbonyl (C=O) groups excluding carboxylic acids is 2. The van der Waals surface area contributed by atoms with Gasteiger partial charge < -0.3 is 15.5 Å². The van der Waals surface area contributed by atoms with Crippen molar-refractivity contribution in [1.82, 2.24) is 15.5 Å². The Bertz CT molecular complexity index is 570. The van der Waals surface area contributed by atoms with Crippen molar-refractivity contribution in [2.45, 2.75) is 12.0 Å². The van der Waals surface area contributed by atoms with Crippen molar-refractivity contribution < 1.29 is 9.59 Å². The van der Waals surface area contributed by atoms with Gasteiger partial charge in [-0.25, -0.2) is 0 Å². The second-order valence-electron chi connectivity index (χ2n) is 5.86. The van der Waals surface area contributed by atoms with Crippen LogP contribution in [0.15, 0.2) is 24.3 Å². The predicted octanol–water partition coefficient (Wildman–Crippen LogP) is 0.0189. The van der Waals surface area contributed by atoms with Crippen LogP contribution in [-0.4, -0.2) is 49.4 Å². The molecule has 20 heavy (non-hydrogen) atoms. The lowest BCUT2D eigenvalue weighted by Crippen LogP contribution is -2.61. The summed E-state index contributed by atoms with van der Waals surface area (Å²) >= 11 is 0. The van der Waals surface area contributed by atoms with E-state index in [9.17, 15) is 9.59 Å². The first-order valence-corrected chi connectivity index (χ1v) is 6.86. The van der Waals surface area contributed by atoms with Crippen LogP contribution >= 0.6 is 0 Å². The van der Waals surface area contributed by atoms with Gasteiger partial charge in [-0.15, -0.1) is 0 Å². The Morgan fingerprint density at radius 2 is 2.10 bits per heavy atom. The molecule has 106 valence electrons. The highest BCUT2D eigenvalue weighted by atomic mass is 16.2. The molecule has 1 aromatic rings. The van der Waals surface area contributed by atoms with Gasteiger partial charge in [0.25, 0.3) is 5.91 Å². The quantitative estimate of drug-likeness (QED) is 0.758. The van der Waals surface area contributed by atoms with Gasteiger partial charge in [0.15, 0.2) is 0 Å². The fraction of sp³-hybridized carbons (Fsp3) is 0.467. The van der Waals surface area contributed by atoms with Gasteiger partial charge in [0.2, 0.25) is 5.91 Å².